The zero-order valence-corrected chi connectivity index (χ0v) is 12.3. The van der Waals surface area contributed by atoms with Gasteiger partial charge in [0.05, 0.1) is 17.7 Å². The third-order valence-corrected chi connectivity index (χ3v) is 4.85. The van der Waals surface area contributed by atoms with Crippen LogP contribution in [0, 0.1) is 11.7 Å². The number of carbonyl (C=O) groups is 1. The number of carboxylic acid groups (broad SMARTS) is 1. The molecule has 0 amide bonds. The van der Waals surface area contributed by atoms with Gasteiger partial charge in [0.25, 0.3) is 0 Å². The smallest absolute Gasteiger partial charge is 0.146 e. The first-order chi connectivity index (χ1) is 11.1. The van der Waals surface area contributed by atoms with Crippen LogP contribution in [0.1, 0.15) is 39.9 Å². The summed E-state index contributed by atoms with van der Waals surface area (Å²) in [5.74, 6) is -0.951. The Labute approximate surface area is 133 Å². The maximum Gasteiger partial charge on any atom is 0.146 e. The van der Waals surface area contributed by atoms with E-state index in [-0.39, 0.29) is 23.3 Å². The number of halogens is 1. The average Bonchev–Trinajstić information content (AvgIpc) is 3.04. The van der Waals surface area contributed by atoms with Crippen molar-refractivity contribution in [3.63, 3.8) is 0 Å². The predicted octanol–water partition coefficient (Wildman–Crippen LogP) is 3.02. The van der Waals surface area contributed by atoms with Gasteiger partial charge in [0.2, 0.25) is 0 Å². The summed E-state index contributed by atoms with van der Waals surface area (Å²) in [5, 5.41) is 14.2. The van der Waals surface area contributed by atoms with E-state index in [1.807, 2.05) is 6.07 Å². The molecule has 2 aromatic carbocycles. The minimum Gasteiger partial charge on any atom is -0.545 e. The minimum atomic E-state index is -1.19. The van der Waals surface area contributed by atoms with Gasteiger partial charge in [-0.3, -0.25) is 0 Å². The van der Waals surface area contributed by atoms with Crippen molar-refractivity contribution in [3.05, 3.63) is 77.1 Å². The second kappa shape index (κ2) is 5.23. The van der Waals surface area contributed by atoms with Crippen molar-refractivity contribution in [3.8, 4) is 0 Å². The molecule has 1 aliphatic heterocycles. The molecule has 0 unspecified atom stereocenters. The molecule has 3 nitrogen and oxygen atoms in total. The lowest BCUT2D eigenvalue weighted by Gasteiger charge is -2.37. The van der Waals surface area contributed by atoms with Crippen LogP contribution in [0.15, 0.2) is 54.6 Å². The number of nitrogens with one attached hydrogen (secondary N) is 1. The van der Waals surface area contributed by atoms with E-state index >= 15 is 0 Å². The van der Waals surface area contributed by atoms with Gasteiger partial charge >= 0.3 is 0 Å². The molecule has 0 bridgehead atoms. The summed E-state index contributed by atoms with van der Waals surface area (Å²) in [4.78, 5) is 10.9. The Balaban J connectivity index is 1.75. The molecule has 0 radical (unpaired) electrons. The van der Waals surface area contributed by atoms with E-state index in [0.717, 1.165) is 17.5 Å². The number of allylic oxidation sites excluding steroid dienone is 2. The third-order valence-electron chi connectivity index (χ3n) is 4.85. The Hall–Kier alpha value is -2.62. The number of fused-ring (bicyclic) bond motifs is 3. The van der Waals surface area contributed by atoms with Gasteiger partial charge in [-0.05, 0) is 35.1 Å². The van der Waals surface area contributed by atoms with E-state index in [1.165, 1.54) is 6.07 Å². The van der Waals surface area contributed by atoms with Crippen molar-refractivity contribution >= 4 is 11.7 Å². The van der Waals surface area contributed by atoms with Crippen LogP contribution in [-0.4, -0.2) is 5.97 Å². The Kier molecular flexibility index (Phi) is 3.18. The molecule has 2 aliphatic rings. The van der Waals surface area contributed by atoms with Crippen LogP contribution in [0.3, 0.4) is 0 Å². The molecule has 0 fully saturated rings. The first-order valence-electron chi connectivity index (χ1n) is 7.68. The Morgan fingerprint density at radius 3 is 2.70 bits per heavy atom. The van der Waals surface area contributed by atoms with Gasteiger partial charge in [0, 0.05) is 5.92 Å². The molecular weight excluding hydrogens is 293 g/mol. The topological polar surface area (TPSA) is 52.2 Å². The molecule has 1 heterocycles. The predicted molar refractivity (Wildman–Crippen MR) is 83.5 cm³/mol. The number of aromatic carboxylic acids is 1. The molecule has 0 aromatic heterocycles. The van der Waals surface area contributed by atoms with Gasteiger partial charge in [0.15, 0.2) is 0 Å². The molecule has 0 spiro atoms. The fourth-order valence-electron chi connectivity index (χ4n) is 3.74. The lowest BCUT2D eigenvalue weighted by atomic mass is 9.77. The van der Waals surface area contributed by atoms with Crippen molar-refractivity contribution < 1.29 is 14.3 Å². The van der Waals surface area contributed by atoms with Gasteiger partial charge in [-0.15, -0.1) is 0 Å². The van der Waals surface area contributed by atoms with E-state index in [1.54, 1.807) is 30.3 Å². The van der Waals surface area contributed by atoms with Crippen molar-refractivity contribution in [1.82, 2.24) is 0 Å². The maximum absolute atomic E-state index is 14.2. The normalized spacial score (nSPS) is 24.7. The Bertz CT molecular complexity index is 798. The third kappa shape index (κ3) is 2.22. The second-order valence-corrected chi connectivity index (χ2v) is 6.09. The minimum absolute atomic E-state index is 0.0461. The monoisotopic (exact) mass is 308 g/mol. The number of carboxylic acids is 1. The molecular formula is C19H15FNO2-. The van der Waals surface area contributed by atoms with E-state index in [2.05, 4.69) is 17.5 Å². The Morgan fingerprint density at radius 1 is 1.17 bits per heavy atom. The van der Waals surface area contributed by atoms with Crippen LogP contribution in [0.2, 0.25) is 0 Å². The van der Waals surface area contributed by atoms with Crippen LogP contribution in [0.4, 0.5) is 10.1 Å². The molecule has 1 aliphatic carbocycles. The number of hydrogen-bond donors (Lipinski definition) is 1. The van der Waals surface area contributed by atoms with Crippen molar-refractivity contribution in [1.29, 1.82) is 0 Å². The van der Waals surface area contributed by atoms with Crippen molar-refractivity contribution in [2.45, 2.75) is 18.4 Å². The number of para-hydroxylation sites is 1. The fourth-order valence-corrected chi connectivity index (χ4v) is 3.74. The van der Waals surface area contributed by atoms with E-state index in [9.17, 15) is 14.3 Å². The highest BCUT2D eigenvalue weighted by Gasteiger charge is 2.38. The summed E-state index contributed by atoms with van der Waals surface area (Å²) in [6, 6.07) is 11.8. The standard InChI is InChI=1S/C19H16FNO2/c20-16-6-2-5-15-13-3-1-4-14(13)17(21-18(15)16)11-7-9-12(10-8-11)19(22)23/h1-3,5-10,13-14,17,21H,4H2,(H,22,23)/p-1/t13-,14-,17-/m0/s1. The molecule has 4 rings (SSSR count). The SMILES string of the molecule is O=C([O-])c1ccc([C@@H]2Nc3c(F)cccc3[C@H]3C=CC[C@@H]32)cc1. The van der Waals surface area contributed by atoms with Crippen LogP contribution < -0.4 is 10.4 Å². The first kappa shape index (κ1) is 14.0. The van der Waals surface area contributed by atoms with Crippen molar-refractivity contribution in [2.75, 3.05) is 5.32 Å². The molecule has 1 N–H and O–H groups in total. The van der Waals surface area contributed by atoms with Crippen LogP contribution in [0.25, 0.3) is 0 Å². The van der Waals surface area contributed by atoms with Crippen molar-refractivity contribution in [2.24, 2.45) is 5.92 Å². The highest BCUT2D eigenvalue weighted by molar-refractivity contribution is 5.85. The van der Waals surface area contributed by atoms with Crippen LogP contribution >= 0.6 is 0 Å². The molecule has 0 saturated carbocycles. The molecule has 4 heteroatoms. The number of anilines is 1. The number of carbonyl (C=O) groups excluding carboxylic acids is 1. The zero-order chi connectivity index (χ0) is 16.0. The number of hydrogen-bond acceptors (Lipinski definition) is 3. The van der Waals surface area contributed by atoms with Crippen LogP contribution in [-0.2, 0) is 0 Å². The summed E-state index contributed by atoms with van der Waals surface area (Å²) >= 11 is 0. The summed E-state index contributed by atoms with van der Waals surface area (Å²) in [6.07, 6.45) is 5.20. The molecule has 116 valence electrons. The molecule has 23 heavy (non-hydrogen) atoms. The van der Waals surface area contributed by atoms with Gasteiger partial charge in [-0.25, -0.2) is 4.39 Å². The highest BCUT2D eigenvalue weighted by Crippen LogP contribution is 2.50. The second-order valence-electron chi connectivity index (χ2n) is 6.09. The van der Waals surface area contributed by atoms with Gasteiger partial charge in [-0.1, -0.05) is 48.6 Å². The average molecular weight is 308 g/mol. The fraction of sp³-hybridized carbons (Fsp3) is 0.211. The summed E-state index contributed by atoms with van der Waals surface area (Å²) in [7, 11) is 0. The summed E-state index contributed by atoms with van der Waals surface area (Å²) in [6.45, 7) is 0. The summed E-state index contributed by atoms with van der Waals surface area (Å²) in [5.41, 5.74) is 2.65. The quantitative estimate of drug-likeness (QED) is 0.868. The molecule has 3 atom stereocenters. The van der Waals surface area contributed by atoms with Gasteiger partial charge < -0.3 is 15.2 Å². The zero-order valence-electron chi connectivity index (χ0n) is 12.3. The lowest BCUT2D eigenvalue weighted by Crippen LogP contribution is -2.30. The molecule has 2 aromatic rings. The Morgan fingerprint density at radius 2 is 1.96 bits per heavy atom. The highest BCUT2D eigenvalue weighted by atomic mass is 19.1. The first-order valence-corrected chi connectivity index (χ1v) is 7.68. The largest absolute Gasteiger partial charge is 0.545 e. The molecule has 0 saturated heterocycles. The van der Waals surface area contributed by atoms with E-state index in [4.69, 9.17) is 0 Å². The van der Waals surface area contributed by atoms with E-state index < -0.39 is 5.97 Å². The van der Waals surface area contributed by atoms with Gasteiger partial charge in [-0.2, -0.15) is 0 Å². The number of benzene rings is 2. The summed E-state index contributed by atoms with van der Waals surface area (Å²) < 4.78 is 14.2. The van der Waals surface area contributed by atoms with Gasteiger partial charge in [0.1, 0.15) is 5.82 Å². The number of rotatable bonds is 2. The maximum atomic E-state index is 14.2. The lowest BCUT2D eigenvalue weighted by molar-refractivity contribution is -0.255. The van der Waals surface area contributed by atoms with E-state index in [0.29, 0.717) is 11.6 Å². The van der Waals surface area contributed by atoms with Crippen LogP contribution in [0.5, 0.6) is 0 Å².